The predicted molar refractivity (Wildman–Crippen MR) is 93.4 cm³/mol. The Balaban J connectivity index is 2.02. The molecule has 24 heavy (non-hydrogen) atoms. The Labute approximate surface area is 143 Å². The summed E-state index contributed by atoms with van der Waals surface area (Å²) in [4.78, 5) is 23.0. The Kier molecular flexibility index (Phi) is 7.09. The lowest BCUT2D eigenvalue weighted by molar-refractivity contribution is -0.137. The van der Waals surface area contributed by atoms with E-state index >= 15 is 0 Å². The third-order valence-corrected chi connectivity index (χ3v) is 4.44. The topological polar surface area (TPSA) is 75.6 Å². The minimum absolute atomic E-state index is 0.0780. The van der Waals surface area contributed by atoms with Crippen LogP contribution in [0.25, 0.3) is 0 Å². The van der Waals surface area contributed by atoms with Crippen LogP contribution in [0.5, 0.6) is 5.75 Å². The minimum Gasteiger partial charge on any atom is -0.492 e. The van der Waals surface area contributed by atoms with E-state index in [1.807, 2.05) is 25.1 Å². The van der Waals surface area contributed by atoms with Crippen molar-refractivity contribution in [3.05, 3.63) is 23.8 Å². The van der Waals surface area contributed by atoms with Gasteiger partial charge in [-0.05, 0) is 50.3 Å². The first-order chi connectivity index (χ1) is 11.6. The highest BCUT2D eigenvalue weighted by atomic mass is 16.5. The van der Waals surface area contributed by atoms with Gasteiger partial charge in [0.1, 0.15) is 5.75 Å². The number of carboxylic acids is 1. The highest BCUT2D eigenvalue weighted by molar-refractivity contribution is 5.94. The molecule has 0 aliphatic heterocycles. The van der Waals surface area contributed by atoms with E-state index in [2.05, 4.69) is 5.32 Å². The van der Waals surface area contributed by atoms with Gasteiger partial charge in [0.2, 0.25) is 5.91 Å². The molecule has 0 bridgehead atoms. The molecular formula is C19H27NO4. The van der Waals surface area contributed by atoms with Gasteiger partial charge in [-0.25, -0.2) is 0 Å². The number of benzene rings is 1. The van der Waals surface area contributed by atoms with E-state index in [1.165, 1.54) is 6.42 Å². The third-order valence-electron chi connectivity index (χ3n) is 4.44. The number of hydrogen-bond donors (Lipinski definition) is 2. The molecule has 0 aromatic heterocycles. The molecule has 5 nitrogen and oxygen atoms in total. The SMILES string of the molecule is CCOc1cc(CCCC(=O)O)ccc1NC(=O)C1CCCCC1. The van der Waals surface area contributed by atoms with Crippen LogP contribution in [0, 0.1) is 5.92 Å². The van der Waals surface area contributed by atoms with Gasteiger partial charge in [-0.1, -0.05) is 25.3 Å². The molecule has 5 heteroatoms. The van der Waals surface area contributed by atoms with Gasteiger partial charge in [-0.3, -0.25) is 9.59 Å². The van der Waals surface area contributed by atoms with Gasteiger partial charge in [0.25, 0.3) is 0 Å². The molecule has 0 atom stereocenters. The Hall–Kier alpha value is -2.04. The number of rotatable bonds is 8. The molecule has 1 saturated carbocycles. The monoisotopic (exact) mass is 333 g/mol. The summed E-state index contributed by atoms with van der Waals surface area (Å²) in [6.45, 7) is 2.43. The first-order valence-electron chi connectivity index (χ1n) is 8.88. The van der Waals surface area contributed by atoms with Gasteiger partial charge >= 0.3 is 5.97 Å². The highest BCUT2D eigenvalue weighted by Gasteiger charge is 2.22. The smallest absolute Gasteiger partial charge is 0.303 e. The molecule has 0 saturated heterocycles. The number of hydrogen-bond acceptors (Lipinski definition) is 3. The minimum atomic E-state index is -0.781. The molecule has 1 aromatic rings. The molecular weight excluding hydrogens is 306 g/mol. The summed E-state index contributed by atoms with van der Waals surface area (Å²) in [5.41, 5.74) is 1.73. The van der Waals surface area contributed by atoms with Crippen molar-refractivity contribution in [1.29, 1.82) is 0 Å². The Morgan fingerprint density at radius 1 is 1.25 bits per heavy atom. The first kappa shape index (κ1) is 18.3. The third kappa shape index (κ3) is 5.55. The summed E-state index contributed by atoms with van der Waals surface area (Å²) < 4.78 is 5.66. The maximum absolute atomic E-state index is 12.4. The van der Waals surface area contributed by atoms with Crippen molar-refractivity contribution in [2.75, 3.05) is 11.9 Å². The van der Waals surface area contributed by atoms with Crippen LogP contribution < -0.4 is 10.1 Å². The van der Waals surface area contributed by atoms with Gasteiger partial charge in [-0.15, -0.1) is 0 Å². The fourth-order valence-electron chi connectivity index (χ4n) is 3.14. The maximum Gasteiger partial charge on any atom is 0.303 e. The van der Waals surface area contributed by atoms with E-state index in [0.29, 0.717) is 30.9 Å². The number of carbonyl (C=O) groups excluding carboxylic acids is 1. The number of carbonyl (C=O) groups is 2. The lowest BCUT2D eigenvalue weighted by Gasteiger charge is -2.21. The number of anilines is 1. The van der Waals surface area contributed by atoms with Crippen LogP contribution >= 0.6 is 0 Å². The van der Waals surface area contributed by atoms with E-state index < -0.39 is 5.97 Å². The normalized spacial score (nSPS) is 15.0. The van der Waals surface area contributed by atoms with Crippen molar-refractivity contribution < 1.29 is 19.4 Å². The van der Waals surface area contributed by atoms with Crippen molar-refractivity contribution in [1.82, 2.24) is 0 Å². The number of aryl methyl sites for hydroxylation is 1. The molecule has 1 aromatic carbocycles. The summed E-state index contributed by atoms with van der Waals surface area (Å²) in [7, 11) is 0. The number of nitrogens with one attached hydrogen (secondary N) is 1. The van der Waals surface area contributed by atoms with Crippen LogP contribution in [-0.2, 0) is 16.0 Å². The zero-order chi connectivity index (χ0) is 17.4. The summed E-state index contributed by atoms with van der Waals surface area (Å²) in [6, 6.07) is 5.70. The molecule has 0 unspecified atom stereocenters. The van der Waals surface area contributed by atoms with E-state index in [9.17, 15) is 9.59 Å². The molecule has 0 spiro atoms. The van der Waals surface area contributed by atoms with Crippen LogP contribution in [0.3, 0.4) is 0 Å². The molecule has 1 amide bonds. The molecule has 2 rings (SSSR count). The fourth-order valence-corrected chi connectivity index (χ4v) is 3.14. The highest BCUT2D eigenvalue weighted by Crippen LogP contribution is 2.30. The average molecular weight is 333 g/mol. The Morgan fingerprint density at radius 2 is 2.00 bits per heavy atom. The summed E-state index contributed by atoms with van der Waals surface area (Å²) in [6.07, 6.45) is 6.82. The summed E-state index contributed by atoms with van der Waals surface area (Å²) in [5.74, 6) is 0.0589. The van der Waals surface area contributed by atoms with Crippen LogP contribution in [0.15, 0.2) is 18.2 Å². The van der Waals surface area contributed by atoms with E-state index in [-0.39, 0.29) is 18.2 Å². The number of amides is 1. The molecule has 0 radical (unpaired) electrons. The zero-order valence-corrected chi connectivity index (χ0v) is 14.3. The maximum atomic E-state index is 12.4. The second kappa shape index (κ2) is 9.30. The lowest BCUT2D eigenvalue weighted by atomic mass is 9.88. The van der Waals surface area contributed by atoms with Crippen molar-refractivity contribution in [2.45, 2.75) is 58.3 Å². The van der Waals surface area contributed by atoms with E-state index in [1.54, 1.807) is 0 Å². The molecule has 0 heterocycles. The molecule has 1 aliphatic carbocycles. The van der Waals surface area contributed by atoms with Gasteiger partial charge < -0.3 is 15.2 Å². The van der Waals surface area contributed by atoms with Crippen molar-refractivity contribution >= 4 is 17.6 Å². The van der Waals surface area contributed by atoms with Crippen molar-refractivity contribution in [3.8, 4) is 5.75 Å². The van der Waals surface area contributed by atoms with Crippen molar-refractivity contribution in [2.24, 2.45) is 5.92 Å². The second-order valence-corrected chi connectivity index (χ2v) is 6.34. The van der Waals surface area contributed by atoms with Crippen LogP contribution in [0.4, 0.5) is 5.69 Å². The standard InChI is InChI=1S/C19H27NO4/c1-2-24-17-13-14(7-6-10-18(21)22)11-12-16(17)20-19(23)15-8-4-3-5-9-15/h11-13,15H,2-10H2,1H3,(H,20,23)(H,21,22). The molecule has 132 valence electrons. The van der Waals surface area contributed by atoms with Gasteiger partial charge in [0, 0.05) is 12.3 Å². The number of carboxylic acid groups (broad SMARTS) is 1. The Morgan fingerprint density at radius 3 is 2.67 bits per heavy atom. The summed E-state index contributed by atoms with van der Waals surface area (Å²) >= 11 is 0. The summed E-state index contributed by atoms with van der Waals surface area (Å²) in [5, 5.41) is 11.7. The molecule has 1 aliphatic rings. The molecule has 1 fully saturated rings. The van der Waals surface area contributed by atoms with E-state index in [0.717, 1.165) is 31.2 Å². The fraction of sp³-hybridized carbons (Fsp3) is 0.579. The predicted octanol–water partition coefficient (Wildman–Crippen LogP) is 4.01. The van der Waals surface area contributed by atoms with E-state index in [4.69, 9.17) is 9.84 Å². The van der Waals surface area contributed by atoms with Crippen LogP contribution in [-0.4, -0.2) is 23.6 Å². The average Bonchev–Trinajstić information content (AvgIpc) is 2.57. The second-order valence-electron chi connectivity index (χ2n) is 6.34. The van der Waals surface area contributed by atoms with Crippen LogP contribution in [0.1, 0.15) is 57.4 Å². The van der Waals surface area contributed by atoms with Crippen LogP contribution in [0.2, 0.25) is 0 Å². The zero-order valence-electron chi connectivity index (χ0n) is 14.3. The van der Waals surface area contributed by atoms with Gasteiger partial charge in [0.15, 0.2) is 0 Å². The molecule has 2 N–H and O–H groups in total. The number of ether oxygens (including phenoxy) is 1. The van der Waals surface area contributed by atoms with Gasteiger partial charge in [0.05, 0.1) is 12.3 Å². The largest absolute Gasteiger partial charge is 0.492 e. The van der Waals surface area contributed by atoms with Gasteiger partial charge in [-0.2, -0.15) is 0 Å². The van der Waals surface area contributed by atoms with Crippen molar-refractivity contribution in [3.63, 3.8) is 0 Å². The number of aliphatic carboxylic acids is 1. The Bertz CT molecular complexity index is 564. The lowest BCUT2D eigenvalue weighted by Crippen LogP contribution is -2.25. The first-order valence-corrected chi connectivity index (χ1v) is 8.88. The quantitative estimate of drug-likeness (QED) is 0.753.